The van der Waals surface area contributed by atoms with E-state index in [9.17, 15) is 9.18 Å². The van der Waals surface area contributed by atoms with Gasteiger partial charge in [-0.1, -0.05) is 11.6 Å². The molecule has 24 heavy (non-hydrogen) atoms. The van der Waals surface area contributed by atoms with Gasteiger partial charge in [0, 0.05) is 21.8 Å². The molecule has 6 heteroatoms. The first-order valence-corrected chi connectivity index (χ1v) is 8.49. The number of ketones is 1. The molecule has 0 bridgehead atoms. The van der Waals surface area contributed by atoms with Gasteiger partial charge in [0.1, 0.15) is 5.82 Å². The molecule has 1 heterocycles. The summed E-state index contributed by atoms with van der Waals surface area (Å²) >= 11 is 7.70. The van der Waals surface area contributed by atoms with Gasteiger partial charge >= 0.3 is 0 Å². The van der Waals surface area contributed by atoms with Crippen LogP contribution in [-0.4, -0.2) is 25.8 Å². The van der Waals surface area contributed by atoms with Crippen LogP contribution in [0.5, 0.6) is 11.5 Å². The van der Waals surface area contributed by atoms with E-state index in [1.165, 1.54) is 38.1 Å². The van der Waals surface area contributed by atoms with Crippen LogP contribution in [0.2, 0.25) is 5.02 Å². The molecule has 0 amide bonds. The van der Waals surface area contributed by atoms with E-state index in [1.807, 2.05) is 0 Å². The number of Topliss-reactive ketones (excluding diaryl/α,β-unsaturated/α-hetero) is 1. The van der Waals surface area contributed by atoms with Crippen molar-refractivity contribution in [3.63, 3.8) is 0 Å². The van der Waals surface area contributed by atoms with E-state index in [4.69, 9.17) is 21.1 Å². The van der Waals surface area contributed by atoms with E-state index in [1.54, 1.807) is 24.3 Å². The maximum absolute atomic E-state index is 13.4. The molecule has 124 valence electrons. The molecule has 2 aromatic rings. The van der Waals surface area contributed by atoms with E-state index in [0.29, 0.717) is 33.4 Å². The Morgan fingerprint density at radius 3 is 2.71 bits per heavy atom. The van der Waals surface area contributed by atoms with Crippen molar-refractivity contribution in [1.29, 1.82) is 0 Å². The molecule has 0 N–H and O–H groups in total. The number of rotatable bonds is 3. The lowest BCUT2D eigenvalue weighted by atomic mass is 10.0. The van der Waals surface area contributed by atoms with Gasteiger partial charge in [-0.15, -0.1) is 11.8 Å². The van der Waals surface area contributed by atoms with Crippen LogP contribution < -0.4 is 9.47 Å². The van der Waals surface area contributed by atoms with Gasteiger partial charge in [-0.25, -0.2) is 4.39 Å². The third kappa shape index (κ3) is 3.14. The van der Waals surface area contributed by atoms with Crippen molar-refractivity contribution in [3.8, 4) is 11.5 Å². The second kappa shape index (κ2) is 6.87. The smallest absolute Gasteiger partial charge is 0.191 e. The maximum Gasteiger partial charge on any atom is 0.191 e. The van der Waals surface area contributed by atoms with Gasteiger partial charge in [0.05, 0.1) is 19.2 Å². The highest BCUT2D eigenvalue weighted by atomic mass is 35.5. The Bertz CT molecular complexity index is 848. The van der Waals surface area contributed by atoms with Crippen molar-refractivity contribution in [2.75, 3.05) is 20.0 Å². The molecule has 0 aliphatic carbocycles. The Morgan fingerprint density at radius 2 is 2.00 bits per heavy atom. The Labute approximate surface area is 148 Å². The Kier molecular flexibility index (Phi) is 4.83. The lowest BCUT2D eigenvalue weighted by molar-refractivity contribution is 0.103. The fourth-order valence-corrected chi connectivity index (χ4v) is 3.82. The largest absolute Gasteiger partial charge is 0.493 e. The lowest BCUT2D eigenvalue weighted by Crippen LogP contribution is -2.12. The van der Waals surface area contributed by atoms with Crippen molar-refractivity contribution in [1.82, 2.24) is 0 Å². The molecule has 1 aliphatic heterocycles. The Morgan fingerprint density at radius 1 is 1.21 bits per heavy atom. The number of hydrogen-bond donors (Lipinski definition) is 0. The molecule has 0 saturated carbocycles. The number of hydrogen-bond acceptors (Lipinski definition) is 4. The van der Waals surface area contributed by atoms with E-state index in [-0.39, 0.29) is 5.78 Å². The van der Waals surface area contributed by atoms with Gasteiger partial charge < -0.3 is 9.47 Å². The zero-order valence-electron chi connectivity index (χ0n) is 13.1. The molecular formula is C18H14ClFO3S. The Balaban J connectivity index is 2.01. The standard InChI is InChI=1S/C18H14ClFO3S/c1-22-15-7-10(6-14(19)18(15)23-2)5-11-9-24-16-4-3-12(20)8-13(16)17(11)21/h3-8H,9H2,1-2H3/b11-5+. The molecule has 1 aliphatic rings. The molecule has 0 unspecified atom stereocenters. The first-order chi connectivity index (χ1) is 11.5. The summed E-state index contributed by atoms with van der Waals surface area (Å²) in [5.41, 5.74) is 1.70. The summed E-state index contributed by atoms with van der Waals surface area (Å²) in [5, 5.41) is 0.394. The summed E-state index contributed by atoms with van der Waals surface area (Å²) in [6.07, 6.45) is 1.75. The number of ether oxygens (including phenoxy) is 2. The molecule has 2 aromatic carbocycles. The van der Waals surface area contributed by atoms with E-state index in [2.05, 4.69) is 0 Å². The number of benzene rings is 2. The van der Waals surface area contributed by atoms with Crippen LogP contribution in [0.15, 0.2) is 40.8 Å². The first-order valence-electron chi connectivity index (χ1n) is 7.12. The summed E-state index contributed by atoms with van der Waals surface area (Å²) in [7, 11) is 3.03. The first kappa shape index (κ1) is 16.9. The number of carbonyl (C=O) groups is 1. The molecular weight excluding hydrogens is 351 g/mol. The van der Waals surface area contributed by atoms with Gasteiger partial charge in [0.2, 0.25) is 0 Å². The number of fused-ring (bicyclic) bond motifs is 1. The predicted molar refractivity (Wildman–Crippen MR) is 94.0 cm³/mol. The van der Waals surface area contributed by atoms with Crippen molar-refractivity contribution >= 4 is 35.2 Å². The molecule has 0 atom stereocenters. The number of carbonyl (C=O) groups excluding carboxylic acids is 1. The maximum atomic E-state index is 13.4. The molecule has 0 fully saturated rings. The zero-order chi connectivity index (χ0) is 17.3. The van der Waals surface area contributed by atoms with Crippen molar-refractivity contribution in [3.05, 3.63) is 57.9 Å². The highest BCUT2D eigenvalue weighted by Gasteiger charge is 2.23. The number of halogens is 2. The van der Waals surface area contributed by atoms with Crippen LogP contribution in [0.4, 0.5) is 4.39 Å². The topological polar surface area (TPSA) is 35.5 Å². The minimum atomic E-state index is -0.418. The van der Waals surface area contributed by atoms with E-state index < -0.39 is 5.82 Å². The Hall–Kier alpha value is -1.98. The lowest BCUT2D eigenvalue weighted by Gasteiger charge is -2.17. The van der Waals surface area contributed by atoms with Gasteiger partial charge in [-0.05, 0) is 42.0 Å². The van der Waals surface area contributed by atoms with Gasteiger partial charge in [0.15, 0.2) is 17.3 Å². The zero-order valence-corrected chi connectivity index (χ0v) is 14.6. The van der Waals surface area contributed by atoms with E-state index >= 15 is 0 Å². The van der Waals surface area contributed by atoms with Gasteiger partial charge in [-0.3, -0.25) is 4.79 Å². The molecule has 3 nitrogen and oxygen atoms in total. The minimum absolute atomic E-state index is 0.172. The van der Waals surface area contributed by atoms with Crippen LogP contribution in [0.3, 0.4) is 0 Å². The minimum Gasteiger partial charge on any atom is -0.493 e. The highest BCUT2D eigenvalue weighted by molar-refractivity contribution is 7.99. The molecule has 0 spiro atoms. The fraction of sp³-hybridized carbons (Fsp3) is 0.167. The van der Waals surface area contributed by atoms with E-state index in [0.717, 1.165) is 10.5 Å². The summed E-state index contributed by atoms with van der Waals surface area (Å²) in [5.74, 6) is 0.855. The number of thioether (sulfide) groups is 1. The van der Waals surface area contributed by atoms with Crippen molar-refractivity contribution in [2.45, 2.75) is 4.90 Å². The predicted octanol–water partition coefficient (Wildman–Crippen LogP) is 4.87. The summed E-state index contributed by atoms with van der Waals surface area (Å²) in [6, 6.07) is 7.73. The van der Waals surface area contributed by atoms with Crippen LogP contribution in [0, 0.1) is 5.82 Å². The second-order valence-electron chi connectivity index (χ2n) is 5.17. The molecule has 0 radical (unpaired) electrons. The number of methoxy groups -OCH3 is 2. The van der Waals surface area contributed by atoms with Crippen LogP contribution in [0.1, 0.15) is 15.9 Å². The SMILES string of the molecule is COc1cc(/C=C2\CSc3ccc(F)cc3C2=O)cc(Cl)c1OC. The summed E-state index contributed by atoms with van der Waals surface area (Å²) < 4.78 is 23.9. The van der Waals surface area contributed by atoms with Crippen LogP contribution in [0.25, 0.3) is 6.08 Å². The summed E-state index contributed by atoms with van der Waals surface area (Å²) in [4.78, 5) is 13.4. The summed E-state index contributed by atoms with van der Waals surface area (Å²) in [6.45, 7) is 0. The van der Waals surface area contributed by atoms with Crippen molar-refractivity contribution < 1.29 is 18.7 Å². The van der Waals surface area contributed by atoms with Crippen LogP contribution in [-0.2, 0) is 0 Å². The molecule has 0 saturated heterocycles. The second-order valence-corrected chi connectivity index (χ2v) is 6.59. The van der Waals surface area contributed by atoms with Crippen molar-refractivity contribution in [2.24, 2.45) is 0 Å². The quantitative estimate of drug-likeness (QED) is 0.728. The average molecular weight is 365 g/mol. The fourth-order valence-electron chi connectivity index (χ4n) is 2.53. The van der Waals surface area contributed by atoms with Crippen LogP contribution >= 0.6 is 23.4 Å². The third-order valence-electron chi connectivity index (χ3n) is 3.66. The van der Waals surface area contributed by atoms with Gasteiger partial charge in [0.25, 0.3) is 0 Å². The third-order valence-corrected chi connectivity index (χ3v) is 5.06. The average Bonchev–Trinajstić information content (AvgIpc) is 2.57. The highest BCUT2D eigenvalue weighted by Crippen LogP contribution is 2.38. The monoisotopic (exact) mass is 364 g/mol. The normalized spacial score (nSPS) is 15.3. The molecule has 0 aromatic heterocycles. The molecule has 3 rings (SSSR count). The van der Waals surface area contributed by atoms with Gasteiger partial charge in [-0.2, -0.15) is 0 Å².